The average Bonchev–Trinajstić information content (AvgIpc) is 2.59. The second kappa shape index (κ2) is 5.23. The quantitative estimate of drug-likeness (QED) is 0.251. The highest BCUT2D eigenvalue weighted by Crippen LogP contribution is 1.95. The molecular formula is C8H16N6. The maximum atomic E-state index is 5.21. The number of rotatable bonds is 3. The molecule has 14 heavy (non-hydrogen) atoms. The van der Waals surface area contributed by atoms with Crippen molar-refractivity contribution in [3.63, 3.8) is 0 Å². The zero-order valence-corrected chi connectivity index (χ0v) is 8.49. The molecule has 6 nitrogen and oxygen atoms in total. The fraction of sp³-hybridized carbons (Fsp3) is 0.500. The lowest BCUT2D eigenvalue weighted by Gasteiger charge is -2.07. The van der Waals surface area contributed by atoms with Crippen molar-refractivity contribution in [1.82, 2.24) is 20.5 Å². The molecule has 1 rings (SSSR count). The minimum absolute atomic E-state index is 0.590. The van der Waals surface area contributed by atoms with Gasteiger partial charge in [0.15, 0.2) is 0 Å². The lowest BCUT2D eigenvalue weighted by Crippen LogP contribution is -2.42. The van der Waals surface area contributed by atoms with E-state index in [2.05, 4.69) is 20.8 Å². The van der Waals surface area contributed by atoms with Gasteiger partial charge in [0.1, 0.15) is 0 Å². The number of hydrogen-bond donors (Lipinski definition) is 3. The molecule has 0 atom stereocenters. The van der Waals surface area contributed by atoms with E-state index in [1.165, 1.54) is 5.69 Å². The van der Waals surface area contributed by atoms with Gasteiger partial charge >= 0.3 is 0 Å². The van der Waals surface area contributed by atoms with Crippen molar-refractivity contribution in [2.24, 2.45) is 17.9 Å². The molecule has 78 valence electrons. The van der Waals surface area contributed by atoms with Crippen molar-refractivity contribution >= 4 is 5.96 Å². The van der Waals surface area contributed by atoms with Crippen LogP contribution in [-0.2, 0) is 13.5 Å². The summed E-state index contributed by atoms with van der Waals surface area (Å²) in [4.78, 5) is 3.89. The van der Waals surface area contributed by atoms with Gasteiger partial charge in [-0.1, -0.05) is 0 Å². The molecule has 0 aliphatic heterocycles. The van der Waals surface area contributed by atoms with Crippen molar-refractivity contribution in [3.8, 4) is 0 Å². The summed E-state index contributed by atoms with van der Waals surface area (Å²) in [5, 5.41) is 7.13. The van der Waals surface area contributed by atoms with Crippen molar-refractivity contribution in [3.05, 3.63) is 18.0 Å². The molecule has 0 spiro atoms. The summed E-state index contributed by atoms with van der Waals surface area (Å²) in [5.74, 6) is 5.80. The standard InChI is InChI=1S/C8H16N6/c1-10-8(13-9)11-5-3-7-4-6-12-14(7)2/h4,6H,3,5,9H2,1-2H3,(H2,10,11,13). The third-order valence-corrected chi connectivity index (χ3v) is 1.96. The first-order valence-corrected chi connectivity index (χ1v) is 4.42. The molecule has 0 aliphatic rings. The third kappa shape index (κ3) is 2.74. The molecular weight excluding hydrogens is 180 g/mol. The van der Waals surface area contributed by atoms with Gasteiger partial charge in [-0.2, -0.15) is 5.10 Å². The molecule has 0 amide bonds. The summed E-state index contributed by atoms with van der Waals surface area (Å²) >= 11 is 0. The van der Waals surface area contributed by atoms with Crippen LogP contribution in [0.5, 0.6) is 0 Å². The molecule has 1 aromatic rings. The normalized spacial score (nSPS) is 11.5. The molecule has 0 radical (unpaired) electrons. The monoisotopic (exact) mass is 196 g/mol. The molecule has 0 aliphatic carbocycles. The molecule has 6 heteroatoms. The molecule has 1 heterocycles. The van der Waals surface area contributed by atoms with Gasteiger partial charge in [0.25, 0.3) is 0 Å². The fourth-order valence-corrected chi connectivity index (χ4v) is 1.15. The van der Waals surface area contributed by atoms with E-state index in [0.29, 0.717) is 5.96 Å². The summed E-state index contributed by atoms with van der Waals surface area (Å²) in [5.41, 5.74) is 3.63. The van der Waals surface area contributed by atoms with Gasteiger partial charge in [-0.25, -0.2) is 5.84 Å². The molecule has 0 fully saturated rings. The topological polar surface area (TPSA) is 80.3 Å². The van der Waals surface area contributed by atoms with E-state index in [4.69, 9.17) is 5.84 Å². The van der Waals surface area contributed by atoms with Gasteiger partial charge in [0.05, 0.1) is 0 Å². The number of guanidine groups is 1. The van der Waals surface area contributed by atoms with Crippen molar-refractivity contribution in [1.29, 1.82) is 0 Å². The largest absolute Gasteiger partial charge is 0.355 e. The van der Waals surface area contributed by atoms with Gasteiger partial charge in [0, 0.05) is 39.0 Å². The Hall–Kier alpha value is -1.56. The molecule has 0 saturated heterocycles. The molecule has 0 unspecified atom stereocenters. The summed E-state index contributed by atoms with van der Waals surface area (Å²) in [6.07, 6.45) is 2.67. The first kappa shape index (κ1) is 10.5. The molecule has 0 saturated carbocycles. The summed E-state index contributed by atoms with van der Waals surface area (Å²) in [6.45, 7) is 0.774. The number of nitrogens with two attached hydrogens (primary N) is 1. The SMILES string of the molecule is CN=C(NN)NCCc1ccnn1C. The highest BCUT2D eigenvalue weighted by Gasteiger charge is 1.98. The fourth-order valence-electron chi connectivity index (χ4n) is 1.15. The van der Waals surface area contributed by atoms with Gasteiger partial charge in [-0.05, 0) is 6.07 Å². The van der Waals surface area contributed by atoms with Gasteiger partial charge < -0.3 is 5.32 Å². The van der Waals surface area contributed by atoms with E-state index in [9.17, 15) is 0 Å². The number of aliphatic imine (C=N–C) groups is 1. The zero-order chi connectivity index (χ0) is 10.4. The maximum absolute atomic E-state index is 5.21. The second-order valence-electron chi connectivity index (χ2n) is 2.84. The number of hydrogen-bond acceptors (Lipinski definition) is 3. The molecule has 0 aromatic carbocycles. The Kier molecular flexibility index (Phi) is 3.93. The van der Waals surface area contributed by atoms with Gasteiger partial charge in [-0.15, -0.1) is 0 Å². The maximum Gasteiger partial charge on any atom is 0.205 e. The van der Waals surface area contributed by atoms with E-state index in [-0.39, 0.29) is 0 Å². The van der Waals surface area contributed by atoms with E-state index in [1.54, 1.807) is 13.2 Å². The molecule has 0 bridgehead atoms. The Labute approximate surface area is 83.2 Å². The van der Waals surface area contributed by atoms with E-state index >= 15 is 0 Å². The van der Waals surface area contributed by atoms with Crippen LogP contribution < -0.4 is 16.6 Å². The minimum Gasteiger partial charge on any atom is -0.355 e. The summed E-state index contributed by atoms with van der Waals surface area (Å²) < 4.78 is 1.85. The van der Waals surface area contributed by atoms with Crippen LogP contribution in [-0.4, -0.2) is 29.3 Å². The Morgan fingerprint density at radius 3 is 3.00 bits per heavy atom. The Bertz CT molecular complexity index is 303. The minimum atomic E-state index is 0.590. The van der Waals surface area contributed by atoms with E-state index in [0.717, 1.165) is 13.0 Å². The lowest BCUT2D eigenvalue weighted by atomic mass is 10.3. The van der Waals surface area contributed by atoms with E-state index in [1.807, 2.05) is 17.8 Å². The number of aromatic nitrogens is 2. The predicted molar refractivity (Wildman–Crippen MR) is 55.6 cm³/mol. The van der Waals surface area contributed by atoms with Crippen molar-refractivity contribution < 1.29 is 0 Å². The van der Waals surface area contributed by atoms with Crippen LogP contribution in [0.2, 0.25) is 0 Å². The van der Waals surface area contributed by atoms with Gasteiger partial charge in [0.2, 0.25) is 5.96 Å². The predicted octanol–water partition coefficient (Wildman–Crippen LogP) is -0.999. The first-order valence-electron chi connectivity index (χ1n) is 4.42. The molecule has 1 aromatic heterocycles. The first-order chi connectivity index (χ1) is 6.77. The third-order valence-electron chi connectivity index (χ3n) is 1.96. The molecule has 4 N–H and O–H groups in total. The Morgan fingerprint density at radius 1 is 1.71 bits per heavy atom. The number of aryl methyl sites for hydroxylation is 1. The number of nitrogens with zero attached hydrogens (tertiary/aromatic N) is 3. The summed E-state index contributed by atoms with van der Waals surface area (Å²) in [6, 6.07) is 1.99. The number of nitrogens with one attached hydrogen (secondary N) is 2. The average molecular weight is 196 g/mol. The van der Waals surface area contributed by atoms with Crippen LogP contribution >= 0.6 is 0 Å². The van der Waals surface area contributed by atoms with Crippen LogP contribution in [0.25, 0.3) is 0 Å². The van der Waals surface area contributed by atoms with Crippen LogP contribution in [0.15, 0.2) is 17.3 Å². The van der Waals surface area contributed by atoms with Gasteiger partial charge in [-0.3, -0.25) is 15.1 Å². The van der Waals surface area contributed by atoms with E-state index < -0.39 is 0 Å². The van der Waals surface area contributed by atoms with Crippen LogP contribution in [0, 0.1) is 0 Å². The summed E-state index contributed by atoms with van der Waals surface area (Å²) in [7, 11) is 3.59. The van der Waals surface area contributed by atoms with Crippen molar-refractivity contribution in [2.45, 2.75) is 6.42 Å². The Morgan fingerprint density at radius 2 is 2.50 bits per heavy atom. The lowest BCUT2D eigenvalue weighted by molar-refractivity contribution is 0.691. The van der Waals surface area contributed by atoms with Crippen LogP contribution in [0.4, 0.5) is 0 Å². The zero-order valence-electron chi connectivity index (χ0n) is 8.49. The van der Waals surface area contributed by atoms with Crippen LogP contribution in [0.1, 0.15) is 5.69 Å². The smallest absolute Gasteiger partial charge is 0.205 e. The number of hydrazine groups is 1. The highest BCUT2D eigenvalue weighted by molar-refractivity contribution is 5.78. The second-order valence-corrected chi connectivity index (χ2v) is 2.84. The van der Waals surface area contributed by atoms with Crippen LogP contribution in [0.3, 0.4) is 0 Å². The Balaban J connectivity index is 2.32. The van der Waals surface area contributed by atoms with Crippen molar-refractivity contribution in [2.75, 3.05) is 13.6 Å². The highest BCUT2D eigenvalue weighted by atomic mass is 15.3.